The minimum atomic E-state index is 0.923. The zero-order chi connectivity index (χ0) is 10.1. The third kappa shape index (κ3) is 1.41. The topological polar surface area (TPSA) is 15.6 Å². The Morgan fingerprint density at radius 1 is 1.14 bits per heavy atom. The van der Waals surface area contributed by atoms with Crippen molar-refractivity contribution in [3.63, 3.8) is 0 Å². The average Bonchev–Trinajstić information content (AvgIpc) is 2.65. The predicted molar refractivity (Wildman–Crippen MR) is 61.4 cm³/mol. The van der Waals surface area contributed by atoms with Crippen molar-refractivity contribution >= 4 is 12.0 Å². The molecule has 0 saturated carbocycles. The predicted octanol–water partition coefficient (Wildman–Crippen LogP) is 2.46. The molecule has 0 saturated heterocycles. The van der Waals surface area contributed by atoms with E-state index >= 15 is 0 Å². The van der Waals surface area contributed by atoms with Gasteiger partial charge in [-0.1, -0.05) is 12.1 Å². The van der Waals surface area contributed by atoms with Crippen molar-refractivity contribution < 1.29 is 0 Å². The second-order valence-corrected chi connectivity index (χ2v) is 3.89. The van der Waals surface area contributed by atoms with Crippen LogP contribution in [0.2, 0.25) is 0 Å². The number of anilines is 1. The third-order valence-electron chi connectivity index (χ3n) is 2.88. The van der Waals surface area contributed by atoms with E-state index in [-0.39, 0.29) is 0 Å². The van der Waals surface area contributed by atoms with E-state index < -0.39 is 0 Å². The van der Waals surface area contributed by atoms with Crippen molar-refractivity contribution in [2.75, 3.05) is 18.0 Å². The summed E-state index contributed by atoms with van der Waals surface area (Å²) in [5.41, 5.74) is 5.40. The molecule has 1 aromatic rings. The summed E-state index contributed by atoms with van der Waals surface area (Å²) in [5, 5.41) is 0. The van der Waals surface area contributed by atoms with Gasteiger partial charge in [0.05, 0.1) is 12.9 Å². The van der Waals surface area contributed by atoms with Crippen LogP contribution < -0.4 is 4.90 Å². The number of rotatable bonds is 1. The van der Waals surface area contributed by atoms with Gasteiger partial charge in [-0.05, 0) is 37.5 Å². The Kier molecular flexibility index (Phi) is 2.28. The first kappa shape index (κ1) is 9.25. The zero-order valence-corrected chi connectivity index (χ0v) is 9.04. The molecule has 1 aromatic carbocycles. The van der Waals surface area contributed by atoms with Crippen LogP contribution in [0.5, 0.6) is 0 Å². The molecule has 0 radical (unpaired) electrons. The largest absolute Gasteiger partial charge is 0.330 e. The molecule has 2 heteroatoms. The van der Waals surface area contributed by atoms with E-state index in [2.05, 4.69) is 42.8 Å². The van der Waals surface area contributed by atoms with Crippen molar-refractivity contribution in [1.29, 1.82) is 0 Å². The highest BCUT2D eigenvalue weighted by Crippen LogP contribution is 2.27. The highest BCUT2D eigenvalue weighted by molar-refractivity contribution is 5.84. The molecule has 0 amide bonds. The summed E-state index contributed by atoms with van der Waals surface area (Å²) in [7, 11) is 0. The lowest BCUT2D eigenvalue weighted by Crippen LogP contribution is -2.20. The second kappa shape index (κ2) is 3.45. The Hall–Kier alpha value is -1.31. The van der Waals surface area contributed by atoms with Crippen LogP contribution in [0.15, 0.2) is 17.1 Å². The van der Waals surface area contributed by atoms with E-state index in [4.69, 9.17) is 0 Å². The van der Waals surface area contributed by atoms with Crippen LogP contribution in [-0.4, -0.2) is 19.4 Å². The summed E-state index contributed by atoms with van der Waals surface area (Å²) >= 11 is 0. The van der Waals surface area contributed by atoms with Gasteiger partial charge in [-0.3, -0.25) is 4.99 Å². The lowest BCUT2D eigenvalue weighted by Gasteiger charge is -2.20. The summed E-state index contributed by atoms with van der Waals surface area (Å²) in [6.45, 7) is 8.45. The minimum Gasteiger partial charge on any atom is -0.330 e. The quantitative estimate of drug-likeness (QED) is 0.661. The smallest absolute Gasteiger partial charge is 0.0895 e. The molecule has 1 heterocycles. The Balaban J connectivity index is 2.50. The van der Waals surface area contributed by atoms with Gasteiger partial charge in [0.2, 0.25) is 0 Å². The van der Waals surface area contributed by atoms with Crippen LogP contribution in [0.3, 0.4) is 0 Å². The molecule has 2 rings (SSSR count). The van der Waals surface area contributed by atoms with Crippen LogP contribution in [0.4, 0.5) is 5.69 Å². The van der Waals surface area contributed by atoms with Crippen LogP contribution in [0.1, 0.15) is 16.7 Å². The van der Waals surface area contributed by atoms with Crippen molar-refractivity contribution in [3.05, 3.63) is 28.8 Å². The van der Waals surface area contributed by atoms with Gasteiger partial charge < -0.3 is 4.90 Å². The monoisotopic (exact) mass is 188 g/mol. The molecule has 0 spiro atoms. The molecule has 0 bridgehead atoms. The molecular weight excluding hydrogens is 172 g/mol. The van der Waals surface area contributed by atoms with Gasteiger partial charge in [-0.15, -0.1) is 0 Å². The number of benzene rings is 1. The summed E-state index contributed by atoms with van der Waals surface area (Å²) < 4.78 is 0. The van der Waals surface area contributed by atoms with Gasteiger partial charge in [-0.2, -0.15) is 0 Å². The summed E-state index contributed by atoms with van der Waals surface area (Å²) in [6, 6.07) is 4.37. The second-order valence-electron chi connectivity index (χ2n) is 3.89. The van der Waals surface area contributed by atoms with Crippen LogP contribution in [-0.2, 0) is 0 Å². The van der Waals surface area contributed by atoms with Gasteiger partial charge in [0.15, 0.2) is 0 Å². The van der Waals surface area contributed by atoms with Crippen LogP contribution in [0, 0.1) is 20.8 Å². The molecule has 2 nitrogen and oxygen atoms in total. The molecule has 0 N–H and O–H groups in total. The fraction of sp³-hybridized carbons (Fsp3) is 0.417. The summed E-state index contributed by atoms with van der Waals surface area (Å²) in [5.74, 6) is 0. The maximum Gasteiger partial charge on any atom is 0.0895 e. The number of aryl methyl sites for hydroxylation is 2. The van der Waals surface area contributed by atoms with Crippen molar-refractivity contribution in [2.45, 2.75) is 20.8 Å². The maximum atomic E-state index is 4.25. The standard InChI is InChI=1S/C12H16N2/c1-9-4-5-10(2)12(11(9)3)14-7-6-13-8-14/h4-5,8H,6-7H2,1-3H3. The number of nitrogens with zero attached hydrogens (tertiary/aromatic N) is 2. The van der Waals surface area contributed by atoms with E-state index in [0.29, 0.717) is 0 Å². The minimum absolute atomic E-state index is 0.923. The first-order valence-electron chi connectivity index (χ1n) is 5.03. The van der Waals surface area contributed by atoms with E-state index in [1.165, 1.54) is 22.4 Å². The van der Waals surface area contributed by atoms with Crippen molar-refractivity contribution in [3.8, 4) is 0 Å². The van der Waals surface area contributed by atoms with Crippen LogP contribution >= 0.6 is 0 Å². The fourth-order valence-corrected chi connectivity index (χ4v) is 1.93. The molecule has 1 aliphatic heterocycles. The fourth-order valence-electron chi connectivity index (χ4n) is 1.93. The lowest BCUT2D eigenvalue weighted by atomic mass is 10.0. The van der Waals surface area contributed by atoms with E-state index in [9.17, 15) is 0 Å². The van der Waals surface area contributed by atoms with E-state index in [0.717, 1.165) is 13.1 Å². The lowest BCUT2D eigenvalue weighted by molar-refractivity contribution is 1.01. The Morgan fingerprint density at radius 2 is 1.86 bits per heavy atom. The van der Waals surface area contributed by atoms with Gasteiger partial charge in [0.25, 0.3) is 0 Å². The first-order chi connectivity index (χ1) is 6.70. The molecular formula is C12H16N2. The van der Waals surface area contributed by atoms with E-state index in [1.807, 2.05) is 6.34 Å². The maximum absolute atomic E-state index is 4.25. The molecule has 0 unspecified atom stereocenters. The number of hydrogen-bond acceptors (Lipinski definition) is 2. The molecule has 0 aliphatic carbocycles. The third-order valence-corrected chi connectivity index (χ3v) is 2.88. The average molecular weight is 188 g/mol. The van der Waals surface area contributed by atoms with Crippen molar-refractivity contribution in [1.82, 2.24) is 0 Å². The first-order valence-corrected chi connectivity index (χ1v) is 5.03. The molecule has 74 valence electrons. The molecule has 14 heavy (non-hydrogen) atoms. The van der Waals surface area contributed by atoms with Crippen molar-refractivity contribution in [2.24, 2.45) is 4.99 Å². The summed E-state index contributed by atoms with van der Waals surface area (Å²) in [6.07, 6.45) is 1.95. The molecule has 0 aromatic heterocycles. The summed E-state index contributed by atoms with van der Waals surface area (Å²) in [4.78, 5) is 6.50. The van der Waals surface area contributed by atoms with Crippen LogP contribution in [0.25, 0.3) is 0 Å². The number of hydrogen-bond donors (Lipinski definition) is 0. The highest BCUT2D eigenvalue weighted by Gasteiger charge is 2.13. The normalized spacial score (nSPS) is 15.2. The van der Waals surface area contributed by atoms with Gasteiger partial charge >= 0.3 is 0 Å². The zero-order valence-electron chi connectivity index (χ0n) is 9.04. The SMILES string of the molecule is Cc1ccc(C)c(N2C=NCC2)c1C. The Labute approximate surface area is 85.3 Å². The van der Waals surface area contributed by atoms with Gasteiger partial charge in [-0.25, -0.2) is 0 Å². The molecule has 0 fully saturated rings. The highest BCUT2D eigenvalue weighted by atomic mass is 15.2. The Morgan fingerprint density at radius 3 is 2.50 bits per heavy atom. The van der Waals surface area contributed by atoms with E-state index in [1.54, 1.807) is 0 Å². The van der Waals surface area contributed by atoms with Gasteiger partial charge in [0, 0.05) is 12.2 Å². The Bertz CT molecular complexity index is 380. The van der Waals surface area contributed by atoms with Gasteiger partial charge in [0.1, 0.15) is 0 Å². The number of aliphatic imine (C=N–C) groups is 1. The molecule has 1 aliphatic rings. The molecule has 0 atom stereocenters.